The quantitative estimate of drug-likeness (QED) is 0.672. The number of rotatable bonds is 4. The number of imidazole rings is 1. The first-order valence-electron chi connectivity index (χ1n) is 6.72. The van der Waals surface area contributed by atoms with E-state index in [1.807, 2.05) is 24.3 Å². The summed E-state index contributed by atoms with van der Waals surface area (Å²) in [7, 11) is 0.195. The minimum Gasteiger partial charge on any atom is -0.497 e. The molecule has 1 unspecified atom stereocenters. The van der Waals surface area contributed by atoms with Gasteiger partial charge >= 0.3 is 5.69 Å². The van der Waals surface area contributed by atoms with E-state index in [4.69, 9.17) is 10.5 Å². The van der Waals surface area contributed by atoms with Gasteiger partial charge in [-0.3, -0.25) is 8.78 Å². The van der Waals surface area contributed by atoms with Gasteiger partial charge in [-0.2, -0.15) is 0 Å². The number of nitrogens with zero attached hydrogens (tertiary/aromatic N) is 3. The number of hydrogen-bond acceptors (Lipinski definition) is 6. The van der Waals surface area contributed by atoms with Crippen molar-refractivity contribution < 1.29 is 8.95 Å². The van der Waals surface area contributed by atoms with Crippen LogP contribution in [0.3, 0.4) is 0 Å². The Hall–Kier alpha value is -2.68. The van der Waals surface area contributed by atoms with Crippen LogP contribution in [0.25, 0.3) is 11.2 Å². The van der Waals surface area contributed by atoms with E-state index in [2.05, 4.69) is 15.0 Å². The van der Waals surface area contributed by atoms with Crippen LogP contribution >= 0.6 is 0 Å². The van der Waals surface area contributed by atoms with Gasteiger partial charge < -0.3 is 15.5 Å². The van der Waals surface area contributed by atoms with Gasteiger partial charge in [0, 0.05) is 6.26 Å². The van der Waals surface area contributed by atoms with Crippen molar-refractivity contribution in [3.63, 3.8) is 0 Å². The lowest BCUT2D eigenvalue weighted by molar-refractivity contribution is 0.414. The highest BCUT2D eigenvalue weighted by Crippen LogP contribution is 2.17. The van der Waals surface area contributed by atoms with Gasteiger partial charge in [0.1, 0.15) is 11.3 Å². The van der Waals surface area contributed by atoms with E-state index in [0.717, 1.165) is 11.3 Å². The summed E-state index contributed by atoms with van der Waals surface area (Å²) < 4.78 is 18.2. The van der Waals surface area contributed by atoms with Crippen LogP contribution in [0.2, 0.25) is 0 Å². The van der Waals surface area contributed by atoms with Crippen LogP contribution in [-0.2, 0) is 17.3 Å². The Kier molecular flexibility index (Phi) is 3.87. The van der Waals surface area contributed by atoms with E-state index in [-0.39, 0.29) is 16.7 Å². The van der Waals surface area contributed by atoms with E-state index in [0.29, 0.717) is 17.7 Å². The van der Waals surface area contributed by atoms with Crippen LogP contribution in [0.4, 0.5) is 5.82 Å². The molecule has 23 heavy (non-hydrogen) atoms. The summed E-state index contributed by atoms with van der Waals surface area (Å²) in [6.07, 6.45) is 1.46. The van der Waals surface area contributed by atoms with E-state index in [1.165, 1.54) is 10.8 Å². The number of hydrogen-bond donors (Lipinski definition) is 2. The fraction of sp³-hybridized carbons (Fsp3) is 0.214. The maximum absolute atomic E-state index is 12.2. The fourth-order valence-electron chi connectivity index (χ4n) is 2.22. The molecular weight excluding hydrogens is 318 g/mol. The van der Waals surface area contributed by atoms with Crippen molar-refractivity contribution >= 4 is 27.8 Å². The average Bonchev–Trinajstić information content (AvgIpc) is 2.85. The minimum atomic E-state index is -1.39. The Bertz CT molecular complexity index is 945. The van der Waals surface area contributed by atoms with Gasteiger partial charge in [-0.05, 0) is 17.7 Å². The number of aromatic amines is 1. The van der Waals surface area contributed by atoms with Crippen molar-refractivity contribution in [2.24, 2.45) is 0 Å². The summed E-state index contributed by atoms with van der Waals surface area (Å²) in [5, 5.41) is 0.0949. The molecule has 1 atom stereocenters. The van der Waals surface area contributed by atoms with Gasteiger partial charge in [0.25, 0.3) is 0 Å². The summed E-state index contributed by atoms with van der Waals surface area (Å²) in [5.41, 5.74) is 7.05. The summed E-state index contributed by atoms with van der Waals surface area (Å²) in [6, 6.07) is 7.33. The molecule has 9 heteroatoms. The predicted octanol–water partition coefficient (Wildman–Crippen LogP) is 0.496. The van der Waals surface area contributed by atoms with Crippen molar-refractivity contribution in [3.8, 4) is 5.75 Å². The number of nitrogen functional groups attached to an aromatic ring is 1. The lowest BCUT2D eigenvalue weighted by Crippen LogP contribution is -2.18. The zero-order valence-electron chi connectivity index (χ0n) is 12.6. The highest BCUT2D eigenvalue weighted by atomic mass is 32.2. The van der Waals surface area contributed by atoms with Crippen LogP contribution in [-0.4, -0.2) is 37.1 Å². The lowest BCUT2D eigenvalue weighted by Gasteiger charge is -2.06. The zero-order valence-corrected chi connectivity index (χ0v) is 13.4. The van der Waals surface area contributed by atoms with Gasteiger partial charge in [-0.15, -0.1) is 0 Å². The summed E-state index contributed by atoms with van der Waals surface area (Å²) in [5.74, 6) is 0.834. The number of aromatic nitrogens is 4. The first-order valence-corrected chi connectivity index (χ1v) is 8.28. The van der Waals surface area contributed by atoms with Crippen LogP contribution in [0, 0.1) is 0 Å². The number of benzene rings is 1. The van der Waals surface area contributed by atoms with Crippen LogP contribution in [0.5, 0.6) is 5.75 Å². The highest BCUT2D eigenvalue weighted by molar-refractivity contribution is 7.84. The molecule has 0 aliphatic heterocycles. The molecule has 0 aliphatic rings. The van der Waals surface area contributed by atoms with Gasteiger partial charge in [-0.25, -0.2) is 14.8 Å². The third-order valence-corrected chi connectivity index (χ3v) is 4.08. The molecule has 0 saturated heterocycles. The molecule has 2 heterocycles. The van der Waals surface area contributed by atoms with Crippen LogP contribution in [0.15, 0.2) is 34.2 Å². The Morgan fingerprint density at radius 2 is 2.00 bits per heavy atom. The number of nitrogens with one attached hydrogen (secondary N) is 1. The van der Waals surface area contributed by atoms with E-state index in [1.54, 1.807) is 7.11 Å². The van der Waals surface area contributed by atoms with Gasteiger partial charge in [-0.1, -0.05) is 12.1 Å². The van der Waals surface area contributed by atoms with Crippen molar-refractivity contribution in [3.05, 3.63) is 40.3 Å². The SMILES string of the molecule is COc1ccc(Cn2c(=O)[nH]c3c(N)nc(S(C)=O)nc32)cc1. The van der Waals surface area contributed by atoms with Crippen molar-refractivity contribution in [2.75, 3.05) is 19.1 Å². The number of methoxy groups -OCH3 is 1. The van der Waals surface area contributed by atoms with E-state index < -0.39 is 10.8 Å². The Morgan fingerprint density at radius 3 is 2.61 bits per heavy atom. The molecule has 0 bridgehead atoms. The Morgan fingerprint density at radius 1 is 1.30 bits per heavy atom. The maximum Gasteiger partial charge on any atom is 0.328 e. The summed E-state index contributed by atoms with van der Waals surface area (Å²) >= 11 is 0. The molecule has 0 aliphatic carbocycles. The number of nitrogens with two attached hydrogens (primary N) is 1. The first kappa shape index (κ1) is 15.2. The molecule has 0 fully saturated rings. The van der Waals surface area contributed by atoms with Gasteiger partial charge in [0.15, 0.2) is 11.5 Å². The van der Waals surface area contributed by atoms with Crippen LogP contribution < -0.4 is 16.2 Å². The molecule has 0 radical (unpaired) electrons. The van der Waals surface area contributed by atoms with E-state index in [9.17, 15) is 9.00 Å². The van der Waals surface area contributed by atoms with Crippen molar-refractivity contribution in [1.29, 1.82) is 0 Å². The lowest BCUT2D eigenvalue weighted by atomic mass is 10.2. The summed E-state index contributed by atoms with van der Waals surface area (Å²) in [6.45, 7) is 0.301. The van der Waals surface area contributed by atoms with Crippen LogP contribution in [0.1, 0.15) is 5.56 Å². The second-order valence-electron chi connectivity index (χ2n) is 4.91. The maximum atomic E-state index is 12.2. The molecule has 3 N–H and O–H groups in total. The molecule has 3 aromatic rings. The number of ether oxygens (including phenoxy) is 1. The molecule has 120 valence electrons. The molecule has 1 aromatic carbocycles. The average molecular weight is 333 g/mol. The molecule has 3 rings (SSSR count). The largest absolute Gasteiger partial charge is 0.497 e. The first-order chi connectivity index (χ1) is 11.0. The minimum absolute atomic E-state index is 0.0949. The molecule has 0 amide bonds. The molecule has 2 aromatic heterocycles. The molecule has 8 nitrogen and oxygen atoms in total. The number of fused-ring (bicyclic) bond motifs is 1. The van der Waals surface area contributed by atoms with Crippen molar-refractivity contribution in [1.82, 2.24) is 19.5 Å². The molecular formula is C14H15N5O3S. The van der Waals surface area contributed by atoms with Gasteiger partial charge in [0.2, 0.25) is 5.16 Å². The molecule has 0 spiro atoms. The standard InChI is InChI=1S/C14H15N5O3S/c1-22-9-5-3-8(4-6-9)7-19-12-10(16-14(19)20)11(15)17-13(18-12)23(2)21/h3-6H,7H2,1-2H3,(H,16,20)(H2,15,17,18). The van der Waals surface area contributed by atoms with Gasteiger partial charge in [0.05, 0.1) is 24.5 Å². The second-order valence-corrected chi connectivity index (χ2v) is 6.18. The fourth-order valence-corrected chi connectivity index (χ4v) is 2.66. The third kappa shape index (κ3) is 2.82. The third-order valence-electron chi connectivity index (χ3n) is 3.39. The Labute approximate surface area is 133 Å². The normalized spacial score (nSPS) is 12.4. The van der Waals surface area contributed by atoms with E-state index >= 15 is 0 Å². The monoisotopic (exact) mass is 333 g/mol. The Balaban J connectivity index is 2.10. The number of anilines is 1. The highest BCUT2D eigenvalue weighted by Gasteiger charge is 2.15. The zero-order chi connectivity index (χ0) is 16.6. The number of H-pyrrole nitrogens is 1. The predicted molar refractivity (Wildman–Crippen MR) is 87.0 cm³/mol. The smallest absolute Gasteiger partial charge is 0.328 e. The molecule has 0 saturated carbocycles. The second kappa shape index (κ2) is 5.84. The summed E-state index contributed by atoms with van der Waals surface area (Å²) in [4.78, 5) is 23.0. The van der Waals surface area contributed by atoms with Crippen molar-refractivity contribution in [2.45, 2.75) is 11.7 Å². The topological polar surface area (TPSA) is 116 Å².